The number of nitrogens with zero attached hydrogens (tertiary/aromatic N) is 3. The number of halogens is 1. The van der Waals surface area contributed by atoms with Gasteiger partial charge in [0, 0.05) is 6.04 Å². The van der Waals surface area contributed by atoms with Crippen LogP contribution in [-0.2, 0) is 0 Å². The zero-order valence-electron chi connectivity index (χ0n) is 13.4. The molecule has 0 spiro atoms. The molecule has 1 aliphatic carbocycles. The molecule has 5 nitrogen and oxygen atoms in total. The van der Waals surface area contributed by atoms with Crippen molar-refractivity contribution in [2.24, 2.45) is 11.8 Å². The second-order valence-corrected chi connectivity index (χ2v) is 6.34. The van der Waals surface area contributed by atoms with Crippen LogP contribution in [0.4, 0.5) is 4.39 Å². The molecule has 1 aromatic heterocycles. The van der Waals surface area contributed by atoms with Crippen molar-refractivity contribution in [3.8, 4) is 5.69 Å². The first-order valence-electron chi connectivity index (χ1n) is 8.04. The second kappa shape index (κ2) is 6.48. The minimum Gasteiger partial charge on any atom is -0.348 e. The molecule has 1 N–H and O–H groups in total. The summed E-state index contributed by atoms with van der Waals surface area (Å²) in [5, 5.41) is 11.4. The van der Waals surface area contributed by atoms with E-state index in [-0.39, 0.29) is 23.5 Å². The van der Waals surface area contributed by atoms with Gasteiger partial charge in [-0.15, -0.1) is 5.10 Å². The number of aromatic nitrogens is 3. The zero-order valence-corrected chi connectivity index (χ0v) is 13.4. The van der Waals surface area contributed by atoms with Crippen molar-refractivity contribution < 1.29 is 9.18 Å². The van der Waals surface area contributed by atoms with Gasteiger partial charge >= 0.3 is 0 Å². The molecule has 1 heterocycles. The standard InChI is InChI=1S/C17H21FN4O/c1-11-4-3-5-15(12(11)2)20-17(23)16-10-19-22(21-16)14-8-6-13(18)7-9-14/h6-12,15H,3-5H2,1-2H3,(H,20,23)/t11-,12+,15-/m1/s1. The Labute approximate surface area is 134 Å². The lowest BCUT2D eigenvalue weighted by Crippen LogP contribution is -2.43. The van der Waals surface area contributed by atoms with Crippen molar-refractivity contribution in [3.63, 3.8) is 0 Å². The Morgan fingerprint density at radius 3 is 2.74 bits per heavy atom. The molecule has 0 radical (unpaired) electrons. The highest BCUT2D eigenvalue weighted by molar-refractivity contribution is 5.92. The number of amides is 1. The molecule has 3 rings (SSSR count). The average Bonchev–Trinajstić information content (AvgIpc) is 3.02. The molecule has 1 fully saturated rings. The predicted octanol–water partition coefficient (Wildman–Crippen LogP) is 2.96. The first kappa shape index (κ1) is 15.6. The van der Waals surface area contributed by atoms with Crippen LogP contribution >= 0.6 is 0 Å². The Balaban J connectivity index is 1.70. The first-order chi connectivity index (χ1) is 11.0. The molecule has 6 heteroatoms. The normalized spacial score (nSPS) is 24.4. The average molecular weight is 316 g/mol. The Morgan fingerprint density at radius 1 is 1.26 bits per heavy atom. The van der Waals surface area contributed by atoms with Crippen molar-refractivity contribution in [2.75, 3.05) is 0 Å². The van der Waals surface area contributed by atoms with Gasteiger partial charge in [-0.1, -0.05) is 26.7 Å². The van der Waals surface area contributed by atoms with Crippen molar-refractivity contribution in [1.29, 1.82) is 0 Å². The van der Waals surface area contributed by atoms with Crippen LogP contribution in [-0.4, -0.2) is 26.9 Å². The lowest BCUT2D eigenvalue weighted by atomic mass is 9.78. The van der Waals surface area contributed by atoms with Crippen LogP contribution in [0.2, 0.25) is 0 Å². The zero-order chi connectivity index (χ0) is 16.4. The quantitative estimate of drug-likeness (QED) is 0.947. The number of benzene rings is 1. The summed E-state index contributed by atoms with van der Waals surface area (Å²) in [5.74, 6) is 0.549. The van der Waals surface area contributed by atoms with Crippen LogP contribution in [0, 0.1) is 17.7 Å². The molecule has 0 aliphatic heterocycles. The molecule has 122 valence electrons. The summed E-state index contributed by atoms with van der Waals surface area (Å²) in [6.45, 7) is 4.41. The third-order valence-electron chi connectivity index (χ3n) is 4.81. The fourth-order valence-corrected chi connectivity index (χ4v) is 3.09. The van der Waals surface area contributed by atoms with Gasteiger partial charge in [0.1, 0.15) is 5.82 Å². The van der Waals surface area contributed by atoms with Gasteiger partial charge in [-0.3, -0.25) is 4.79 Å². The molecule has 0 saturated heterocycles. The number of hydrogen-bond acceptors (Lipinski definition) is 3. The fourth-order valence-electron chi connectivity index (χ4n) is 3.09. The SMILES string of the molecule is C[C@H]1[C@H](C)CCC[C@H]1NC(=O)c1cnn(-c2ccc(F)cc2)n1. The minimum atomic E-state index is -0.320. The fraction of sp³-hybridized carbons (Fsp3) is 0.471. The van der Waals surface area contributed by atoms with Gasteiger partial charge in [-0.2, -0.15) is 9.90 Å². The largest absolute Gasteiger partial charge is 0.348 e. The Morgan fingerprint density at radius 2 is 2.00 bits per heavy atom. The van der Waals surface area contributed by atoms with Crippen molar-refractivity contribution in [2.45, 2.75) is 39.2 Å². The highest BCUT2D eigenvalue weighted by Gasteiger charge is 2.28. The molecule has 1 saturated carbocycles. The predicted molar refractivity (Wildman–Crippen MR) is 84.8 cm³/mol. The number of hydrogen-bond donors (Lipinski definition) is 1. The van der Waals surface area contributed by atoms with Crippen LogP contribution < -0.4 is 5.32 Å². The van der Waals surface area contributed by atoms with Crippen molar-refractivity contribution in [1.82, 2.24) is 20.3 Å². The maximum atomic E-state index is 13.0. The molecule has 1 amide bonds. The number of carbonyl (C=O) groups is 1. The van der Waals surface area contributed by atoms with Gasteiger partial charge in [-0.25, -0.2) is 4.39 Å². The molecule has 0 bridgehead atoms. The third kappa shape index (κ3) is 3.41. The summed E-state index contributed by atoms with van der Waals surface area (Å²) >= 11 is 0. The summed E-state index contributed by atoms with van der Waals surface area (Å²) in [5.41, 5.74) is 0.893. The summed E-state index contributed by atoms with van der Waals surface area (Å²) in [4.78, 5) is 13.7. The van der Waals surface area contributed by atoms with E-state index in [2.05, 4.69) is 29.4 Å². The van der Waals surface area contributed by atoms with E-state index in [1.165, 1.54) is 29.5 Å². The van der Waals surface area contributed by atoms with Gasteiger partial charge in [0.05, 0.1) is 11.9 Å². The molecular weight excluding hydrogens is 295 g/mol. The van der Waals surface area contributed by atoms with E-state index in [4.69, 9.17) is 0 Å². The van der Waals surface area contributed by atoms with E-state index in [0.717, 1.165) is 12.8 Å². The maximum absolute atomic E-state index is 13.0. The molecule has 1 aliphatic rings. The third-order valence-corrected chi connectivity index (χ3v) is 4.81. The smallest absolute Gasteiger partial charge is 0.273 e. The molecule has 23 heavy (non-hydrogen) atoms. The van der Waals surface area contributed by atoms with Crippen LogP contribution in [0.25, 0.3) is 5.69 Å². The number of rotatable bonds is 3. The van der Waals surface area contributed by atoms with Crippen molar-refractivity contribution >= 4 is 5.91 Å². The van der Waals surface area contributed by atoms with E-state index < -0.39 is 0 Å². The van der Waals surface area contributed by atoms with Crippen LogP contribution in [0.3, 0.4) is 0 Å². The van der Waals surface area contributed by atoms with Gasteiger partial charge in [0.2, 0.25) is 0 Å². The van der Waals surface area contributed by atoms with Crippen LogP contribution in [0.1, 0.15) is 43.6 Å². The van der Waals surface area contributed by atoms with E-state index in [1.54, 1.807) is 12.1 Å². The Kier molecular flexibility index (Phi) is 4.41. The van der Waals surface area contributed by atoms with Gasteiger partial charge in [-0.05, 0) is 42.5 Å². The van der Waals surface area contributed by atoms with E-state index in [9.17, 15) is 9.18 Å². The maximum Gasteiger partial charge on any atom is 0.273 e. The summed E-state index contributed by atoms with van der Waals surface area (Å²) < 4.78 is 13.0. The molecular formula is C17H21FN4O. The molecule has 3 atom stereocenters. The first-order valence-corrected chi connectivity index (χ1v) is 8.04. The van der Waals surface area contributed by atoms with E-state index in [0.29, 0.717) is 17.5 Å². The van der Waals surface area contributed by atoms with Gasteiger partial charge in [0.15, 0.2) is 5.69 Å². The minimum absolute atomic E-state index is 0.183. The lowest BCUT2D eigenvalue weighted by Gasteiger charge is -2.34. The highest BCUT2D eigenvalue weighted by Crippen LogP contribution is 2.29. The topological polar surface area (TPSA) is 59.8 Å². The van der Waals surface area contributed by atoms with Crippen LogP contribution in [0.5, 0.6) is 0 Å². The van der Waals surface area contributed by atoms with Gasteiger partial charge in [0.25, 0.3) is 5.91 Å². The van der Waals surface area contributed by atoms with Crippen LogP contribution in [0.15, 0.2) is 30.5 Å². The monoisotopic (exact) mass is 316 g/mol. The number of carbonyl (C=O) groups excluding carboxylic acids is 1. The van der Waals surface area contributed by atoms with Crippen molar-refractivity contribution in [3.05, 3.63) is 42.0 Å². The molecule has 2 aromatic rings. The van der Waals surface area contributed by atoms with E-state index >= 15 is 0 Å². The summed E-state index contributed by atoms with van der Waals surface area (Å²) in [7, 11) is 0. The van der Waals surface area contributed by atoms with Gasteiger partial charge < -0.3 is 5.32 Å². The highest BCUT2D eigenvalue weighted by atomic mass is 19.1. The molecule has 0 unspecified atom stereocenters. The Hall–Kier alpha value is -2.24. The summed E-state index contributed by atoms with van der Waals surface area (Å²) in [6.07, 6.45) is 4.80. The Bertz CT molecular complexity index is 682. The lowest BCUT2D eigenvalue weighted by molar-refractivity contribution is 0.0885. The van der Waals surface area contributed by atoms with E-state index in [1.807, 2.05) is 0 Å². The molecule has 1 aromatic carbocycles. The number of nitrogens with one attached hydrogen (secondary N) is 1. The summed E-state index contributed by atoms with van der Waals surface area (Å²) in [6, 6.07) is 6.00. The second-order valence-electron chi connectivity index (χ2n) is 6.34.